The molecule has 0 unspecified atom stereocenters. The summed E-state index contributed by atoms with van der Waals surface area (Å²) >= 11 is 11.8. The fourth-order valence-electron chi connectivity index (χ4n) is 3.44. The van der Waals surface area contributed by atoms with Crippen LogP contribution in [0.5, 0.6) is 0 Å². The molecule has 188 valence electrons. The maximum atomic E-state index is 13.1. The molecule has 1 N–H and O–H groups in total. The summed E-state index contributed by atoms with van der Waals surface area (Å²) < 4.78 is 68.2. The molecule has 3 aromatic rings. The molecular weight excluding hydrogens is 536 g/mol. The van der Waals surface area contributed by atoms with E-state index in [9.17, 15) is 21.6 Å². The Bertz CT molecular complexity index is 1440. The topological polar surface area (TPSA) is 76.3 Å². The molecule has 36 heavy (non-hydrogen) atoms. The maximum absolute atomic E-state index is 13.1. The Labute approximate surface area is 215 Å². The minimum absolute atomic E-state index is 0.199. The molecule has 4 rings (SSSR count). The van der Waals surface area contributed by atoms with Crippen LogP contribution in [-0.2, 0) is 10.0 Å². The zero-order valence-electron chi connectivity index (χ0n) is 18.5. The summed E-state index contributed by atoms with van der Waals surface area (Å²) in [6.45, 7) is -1.61. The van der Waals surface area contributed by atoms with Gasteiger partial charge < -0.3 is 0 Å². The van der Waals surface area contributed by atoms with Gasteiger partial charge in [-0.05, 0) is 54.8 Å². The monoisotopic (exact) mass is 554 g/mol. The summed E-state index contributed by atoms with van der Waals surface area (Å²) in [7, 11) is -4.30. The average Bonchev–Trinajstić information content (AvgIpc) is 3.28. The average molecular weight is 555 g/mol. The molecule has 2 aromatic carbocycles. The summed E-state index contributed by atoms with van der Waals surface area (Å²) in [6.07, 6.45) is 4.24. The Morgan fingerprint density at radius 2 is 1.67 bits per heavy atom. The molecule has 0 radical (unpaired) electrons. The van der Waals surface area contributed by atoms with Gasteiger partial charge >= 0.3 is 6.18 Å². The summed E-state index contributed by atoms with van der Waals surface area (Å²) in [5, 5.41) is 5.23. The number of benzene rings is 2. The lowest BCUT2D eigenvalue weighted by atomic mass is 9.97. The van der Waals surface area contributed by atoms with Crippen molar-refractivity contribution in [1.29, 1.82) is 0 Å². The van der Waals surface area contributed by atoms with Crippen LogP contribution in [0.2, 0.25) is 10.0 Å². The number of rotatable bonds is 5. The number of alkyl halides is 3. The van der Waals surface area contributed by atoms with Gasteiger partial charge in [-0.2, -0.15) is 18.3 Å². The van der Waals surface area contributed by atoms with E-state index >= 15 is 0 Å². The molecule has 0 fully saturated rings. The smallest absolute Gasteiger partial charge is 0.247 e. The number of halogens is 5. The first-order valence-corrected chi connectivity index (χ1v) is 12.9. The fourth-order valence-corrected chi connectivity index (χ4v) is 4.70. The SMILES string of the molecule is O=S(=O)(NC(=NCC(F)(F)F)n1cc(C2=CCCC=C2)c(-c2ccc(Cl)cc2)n1)c1ccc(Cl)cc1. The van der Waals surface area contributed by atoms with Crippen molar-refractivity contribution in [2.24, 2.45) is 4.99 Å². The Morgan fingerprint density at radius 1 is 1.03 bits per heavy atom. The van der Waals surface area contributed by atoms with Crippen LogP contribution in [-0.4, -0.2) is 36.9 Å². The lowest BCUT2D eigenvalue weighted by Crippen LogP contribution is -2.37. The van der Waals surface area contributed by atoms with E-state index in [0.717, 1.165) is 23.1 Å². The molecule has 0 spiro atoms. The molecule has 1 aliphatic rings. The van der Waals surface area contributed by atoms with Crippen molar-refractivity contribution in [1.82, 2.24) is 14.5 Å². The van der Waals surface area contributed by atoms with Gasteiger partial charge in [0.05, 0.1) is 4.90 Å². The molecular formula is C24H19Cl2F3N4O2S. The molecule has 0 saturated heterocycles. The molecule has 1 heterocycles. The van der Waals surface area contributed by atoms with Crippen molar-refractivity contribution >= 4 is 44.8 Å². The van der Waals surface area contributed by atoms with Gasteiger partial charge in [0.15, 0.2) is 0 Å². The molecule has 0 bridgehead atoms. The summed E-state index contributed by atoms with van der Waals surface area (Å²) in [4.78, 5) is 3.32. The third-order valence-electron chi connectivity index (χ3n) is 5.11. The number of sulfonamides is 1. The molecule has 0 atom stereocenters. The van der Waals surface area contributed by atoms with Crippen LogP contribution in [0, 0.1) is 0 Å². The normalized spacial score (nSPS) is 14.6. The largest absolute Gasteiger partial charge is 0.408 e. The van der Waals surface area contributed by atoms with Crippen LogP contribution in [0.3, 0.4) is 0 Å². The quantitative estimate of drug-likeness (QED) is 0.295. The molecule has 1 aromatic heterocycles. The van der Waals surface area contributed by atoms with Gasteiger partial charge in [0.25, 0.3) is 10.0 Å². The minimum Gasteiger partial charge on any atom is -0.247 e. The number of nitrogens with one attached hydrogen (secondary N) is 1. The maximum Gasteiger partial charge on any atom is 0.408 e. The first-order valence-electron chi connectivity index (χ1n) is 10.6. The van der Waals surface area contributed by atoms with Crippen LogP contribution in [0.15, 0.2) is 82.8 Å². The number of allylic oxidation sites excluding steroid dienone is 4. The number of hydrogen-bond donors (Lipinski definition) is 1. The van der Waals surface area contributed by atoms with Crippen molar-refractivity contribution in [3.8, 4) is 11.3 Å². The Kier molecular flexibility index (Phi) is 7.58. The van der Waals surface area contributed by atoms with Gasteiger partial charge in [0, 0.05) is 27.4 Å². The van der Waals surface area contributed by atoms with Crippen molar-refractivity contribution in [3.63, 3.8) is 0 Å². The molecule has 0 amide bonds. The summed E-state index contributed by atoms with van der Waals surface area (Å²) in [5.41, 5.74) is 2.46. The van der Waals surface area contributed by atoms with E-state index < -0.39 is 28.7 Å². The van der Waals surface area contributed by atoms with Crippen LogP contribution in [0.1, 0.15) is 18.4 Å². The zero-order chi connectivity index (χ0) is 25.9. The van der Waals surface area contributed by atoms with Gasteiger partial charge in [-0.1, -0.05) is 53.6 Å². The molecule has 0 saturated carbocycles. The van der Waals surface area contributed by atoms with Crippen molar-refractivity contribution in [2.75, 3.05) is 6.54 Å². The van der Waals surface area contributed by atoms with Gasteiger partial charge in [0.2, 0.25) is 5.96 Å². The number of aromatic nitrogens is 2. The standard InChI is InChI=1S/C24H19Cl2F3N4O2S/c25-18-8-6-17(7-9-18)22-21(16-4-2-1-3-5-16)14-33(31-22)23(30-15-24(27,28)29)32-36(34,35)20-12-10-19(26)11-13-20/h2,4-14H,1,3,15H2,(H,30,32). The van der Waals surface area contributed by atoms with Crippen molar-refractivity contribution in [2.45, 2.75) is 23.9 Å². The Morgan fingerprint density at radius 3 is 2.25 bits per heavy atom. The number of nitrogens with zero attached hydrogens (tertiary/aromatic N) is 3. The first kappa shape index (κ1) is 26.0. The van der Waals surface area contributed by atoms with Crippen LogP contribution < -0.4 is 4.72 Å². The third-order valence-corrected chi connectivity index (χ3v) is 6.96. The second-order valence-corrected chi connectivity index (χ2v) is 10.4. The Hall–Kier alpha value is -3.08. The lowest BCUT2D eigenvalue weighted by Gasteiger charge is -2.12. The molecule has 12 heteroatoms. The molecule has 0 aliphatic heterocycles. The number of hydrogen-bond acceptors (Lipinski definition) is 4. The first-order chi connectivity index (χ1) is 17.0. The van der Waals surface area contributed by atoms with Crippen molar-refractivity contribution in [3.05, 3.63) is 88.6 Å². The minimum atomic E-state index is -4.67. The highest BCUT2D eigenvalue weighted by Gasteiger charge is 2.28. The highest BCUT2D eigenvalue weighted by atomic mass is 35.5. The van der Waals surface area contributed by atoms with Gasteiger partial charge in [-0.15, -0.1) is 0 Å². The highest BCUT2D eigenvalue weighted by Crippen LogP contribution is 2.31. The van der Waals surface area contributed by atoms with Crippen LogP contribution in [0.25, 0.3) is 16.8 Å². The van der Waals surface area contributed by atoms with Crippen LogP contribution in [0.4, 0.5) is 13.2 Å². The van der Waals surface area contributed by atoms with Gasteiger partial charge in [0.1, 0.15) is 12.2 Å². The van der Waals surface area contributed by atoms with Crippen LogP contribution >= 0.6 is 23.2 Å². The van der Waals surface area contributed by atoms with E-state index in [2.05, 4.69) is 14.8 Å². The molecule has 1 aliphatic carbocycles. The van der Waals surface area contributed by atoms with E-state index in [4.69, 9.17) is 23.2 Å². The lowest BCUT2D eigenvalue weighted by molar-refractivity contribution is -0.118. The highest BCUT2D eigenvalue weighted by molar-refractivity contribution is 7.90. The van der Waals surface area contributed by atoms with Crippen molar-refractivity contribution < 1.29 is 21.6 Å². The fraction of sp³-hybridized carbons (Fsp3) is 0.167. The second-order valence-electron chi connectivity index (χ2n) is 7.80. The predicted octanol–water partition coefficient (Wildman–Crippen LogP) is 6.34. The van der Waals surface area contributed by atoms with Gasteiger partial charge in [-0.25, -0.2) is 22.8 Å². The van der Waals surface area contributed by atoms with E-state index in [-0.39, 0.29) is 4.90 Å². The Balaban J connectivity index is 1.82. The van der Waals surface area contributed by atoms with E-state index in [0.29, 0.717) is 26.9 Å². The number of aliphatic imine (C=N–C) groups is 1. The summed E-state index contributed by atoms with van der Waals surface area (Å²) in [6, 6.07) is 11.9. The van der Waals surface area contributed by atoms with Gasteiger partial charge in [-0.3, -0.25) is 0 Å². The second kappa shape index (κ2) is 10.5. The molecule has 6 nitrogen and oxygen atoms in total. The zero-order valence-corrected chi connectivity index (χ0v) is 20.8. The van der Waals surface area contributed by atoms with E-state index in [1.165, 1.54) is 30.5 Å². The predicted molar refractivity (Wildman–Crippen MR) is 135 cm³/mol. The third kappa shape index (κ3) is 6.37. The van der Waals surface area contributed by atoms with E-state index in [1.54, 1.807) is 24.3 Å². The summed E-state index contributed by atoms with van der Waals surface area (Å²) in [5.74, 6) is -0.607. The van der Waals surface area contributed by atoms with E-state index in [1.807, 2.05) is 18.2 Å².